The van der Waals surface area contributed by atoms with Crippen LogP contribution in [0.5, 0.6) is 0 Å². The summed E-state index contributed by atoms with van der Waals surface area (Å²) in [6.07, 6.45) is 0. The largest absolute Gasteiger partial charge is 0.380 e. The number of aryl methyl sites for hydroxylation is 2. The van der Waals surface area contributed by atoms with E-state index in [1.54, 1.807) is 23.5 Å². The van der Waals surface area contributed by atoms with Crippen molar-refractivity contribution < 1.29 is 9.53 Å². The Morgan fingerprint density at radius 1 is 1.20 bits per heavy atom. The van der Waals surface area contributed by atoms with Crippen LogP contribution < -0.4 is 4.80 Å². The van der Waals surface area contributed by atoms with Crippen LogP contribution in [0.25, 0.3) is 10.2 Å². The number of benzene rings is 2. The van der Waals surface area contributed by atoms with E-state index in [9.17, 15) is 4.79 Å². The van der Waals surface area contributed by atoms with Gasteiger partial charge >= 0.3 is 0 Å². The highest BCUT2D eigenvalue weighted by Crippen LogP contribution is 2.23. The van der Waals surface area contributed by atoms with Gasteiger partial charge in [0.2, 0.25) is 0 Å². The first kappa shape index (κ1) is 17.6. The molecule has 25 heavy (non-hydrogen) atoms. The number of rotatable bonds is 5. The van der Waals surface area contributed by atoms with Crippen LogP contribution in [0, 0.1) is 13.8 Å². The number of hydrogen-bond acceptors (Lipinski definition) is 3. The molecule has 0 atom stereocenters. The number of thiazole rings is 1. The molecule has 0 saturated carbocycles. The van der Waals surface area contributed by atoms with Gasteiger partial charge in [0, 0.05) is 18.7 Å². The van der Waals surface area contributed by atoms with Crippen molar-refractivity contribution in [3.05, 3.63) is 64.0 Å². The minimum absolute atomic E-state index is 0.216. The fourth-order valence-electron chi connectivity index (χ4n) is 2.92. The molecule has 3 aromatic rings. The SMILES string of the molecule is CCOCCn1c(=NC(=O)c2ccccc2)sc2cc(C)cc(C)c21. The standard InChI is InChI=1S/C20H22N2O2S/c1-4-24-11-10-22-18-15(3)12-14(2)13-17(18)25-20(22)21-19(23)16-8-6-5-7-9-16/h5-9,12-13H,4,10-11H2,1-3H3. The number of aromatic nitrogens is 1. The van der Waals surface area contributed by atoms with E-state index in [4.69, 9.17) is 4.74 Å². The van der Waals surface area contributed by atoms with Crippen LogP contribution in [0.1, 0.15) is 28.4 Å². The molecule has 3 rings (SSSR count). The summed E-state index contributed by atoms with van der Waals surface area (Å²) in [5.41, 5.74) is 4.14. The van der Waals surface area contributed by atoms with Gasteiger partial charge in [-0.1, -0.05) is 35.6 Å². The lowest BCUT2D eigenvalue weighted by Crippen LogP contribution is -2.20. The Labute approximate surface area is 151 Å². The molecule has 0 aliphatic carbocycles. The van der Waals surface area contributed by atoms with Gasteiger partial charge in [-0.25, -0.2) is 0 Å². The molecule has 1 heterocycles. The predicted molar refractivity (Wildman–Crippen MR) is 102 cm³/mol. The molecule has 1 aromatic heterocycles. The minimum Gasteiger partial charge on any atom is -0.380 e. The van der Waals surface area contributed by atoms with Crippen molar-refractivity contribution in [1.82, 2.24) is 4.57 Å². The van der Waals surface area contributed by atoms with Gasteiger partial charge in [0.05, 0.1) is 16.8 Å². The summed E-state index contributed by atoms with van der Waals surface area (Å²) >= 11 is 1.55. The summed E-state index contributed by atoms with van der Waals surface area (Å²) in [6.45, 7) is 8.12. The molecule has 0 aliphatic heterocycles. The Kier molecular flexibility index (Phi) is 5.46. The zero-order valence-electron chi connectivity index (χ0n) is 14.8. The first-order valence-corrected chi connectivity index (χ1v) is 9.24. The van der Waals surface area contributed by atoms with Crippen molar-refractivity contribution in [1.29, 1.82) is 0 Å². The van der Waals surface area contributed by atoms with E-state index < -0.39 is 0 Å². The summed E-state index contributed by atoms with van der Waals surface area (Å²) in [4.78, 5) is 17.6. The van der Waals surface area contributed by atoms with E-state index in [1.165, 1.54) is 11.1 Å². The molecule has 0 aliphatic rings. The lowest BCUT2D eigenvalue weighted by Gasteiger charge is -2.08. The van der Waals surface area contributed by atoms with Crippen molar-refractivity contribution in [3.8, 4) is 0 Å². The molecule has 2 aromatic carbocycles. The molecule has 0 unspecified atom stereocenters. The maximum atomic E-state index is 12.5. The molecule has 0 bridgehead atoms. The number of carbonyl (C=O) groups excluding carboxylic acids is 1. The number of nitrogens with zero attached hydrogens (tertiary/aromatic N) is 2. The normalized spacial score (nSPS) is 12.0. The van der Waals surface area contributed by atoms with Gasteiger partial charge < -0.3 is 9.30 Å². The van der Waals surface area contributed by atoms with Crippen LogP contribution in [0.3, 0.4) is 0 Å². The monoisotopic (exact) mass is 354 g/mol. The number of carbonyl (C=O) groups is 1. The maximum absolute atomic E-state index is 12.5. The van der Waals surface area contributed by atoms with Crippen LogP contribution in [-0.2, 0) is 11.3 Å². The van der Waals surface area contributed by atoms with Crippen LogP contribution in [0.4, 0.5) is 0 Å². The molecule has 0 radical (unpaired) electrons. The predicted octanol–water partition coefficient (Wildman–Crippen LogP) is 4.10. The quantitative estimate of drug-likeness (QED) is 0.648. The highest BCUT2D eigenvalue weighted by molar-refractivity contribution is 7.16. The van der Waals surface area contributed by atoms with Crippen molar-refractivity contribution in [2.45, 2.75) is 27.3 Å². The Bertz CT molecular complexity index is 955. The molecule has 1 amide bonds. The lowest BCUT2D eigenvalue weighted by atomic mass is 10.1. The van der Waals surface area contributed by atoms with Crippen molar-refractivity contribution in [3.63, 3.8) is 0 Å². The topological polar surface area (TPSA) is 43.6 Å². The van der Waals surface area contributed by atoms with E-state index in [0.717, 1.165) is 15.0 Å². The van der Waals surface area contributed by atoms with Gasteiger partial charge in [0.1, 0.15) is 0 Å². The van der Waals surface area contributed by atoms with Crippen molar-refractivity contribution in [2.75, 3.05) is 13.2 Å². The van der Waals surface area contributed by atoms with Gasteiger partial charge in [-0.15, -0.1) is 0 Å². The van der Waals surface area contributed by atoms with E-state index in [0.29, 0.717) is 25.3 Å². The zero-order chi connectivity index (χ0) is 17.8. The third-order valence-corrected chi connectivity index (χ3v) is 5.02. The summed E-state index contributed by atoms with van der Waals surface area (Å²) in [7, 11) is 0. The summed E-state index contributed by atoms with van der Waals surface area (Å²) in [5.74, 6) is -0.216. The molecular formula is C20H22N2O2S. The lowest BCUT2D eigenvalue weighted by molar-refractivity contribution is 0.0996. The molecule has 0 saturated heterocycles. The molecular weight excluding hydrogens is 332 g/mol. The number of hydrogen-bond donors (Lipinski definition) is 0. The van der Waals surface area contributed by atoms with E-state index in [1.807, 2.05) is 25.1 Å². The highest BCUT2D eigenvalue weighted by atomic mass is 32.1. The van der Waals surface area contributed by atoms with E-state index in [2.05, 4.69) is 35.5 Å². The third kappa shape index (κ3) is 3.89. The van der Waals surface area contributed by atoms with Gasteiger partial charge in [0.25, 0.3) is 5.91 Å². The second-order valence-electron chi connectivity index (χ2n) is 5.94. The Hall–Kier alpha value is -2.24. The number of amides is 1. The third-order valence-electron chi connectivity index (χ3n) is 3.99. The Morgan fingerprint density at radius 2 is 1.96 bits per heavy atom. The smallest absolute Gasteiger partial charge is 0.279 e. The van der Waals surface area contributed by atoms with Gasteiger partial charge in [-0.2, -0.15) is 4.99 Å². The van der Waals surface area contributed by atoms with Gasteiger partial charge in [-0.05, 0) is 50.1 Å². The molecule has 130 valence electrons. The second kappa shape index (κ2) is 7.76. The zero-order valence-corrected chi connectivity index (χ0v) is 15.6. The van der Waals surface area contributed by atoms with Crippen molar-refractivity contribution >= 4 is 27.5 Å². The first-order valence-electron chi connectivity index (χ1n) is 8.42. The number of fused-ring (bicyclic) bond motifs is 1. The van der Waals surface area contributed by atoms with Crippen LogP contribution >= 0.6 is 11.3 Å². The van der Waals surface area contributed by atoms with Crippen LogP contribution in [0.15, 0.2) is 47.5 Å². The van der Waals surface area contributed by atoms with Crippen molar-refractivity contribution in [2.24, 2.45) is 4.99 Å². The van der Waals surface area contributed by atoms with Gasteiger partial charge in [0.15, 0.2) is 4.80 Å². The average molecular weight is 354 g/mol. The average Bonchev–Trinajstić information content (AvgIpc) is 2.93. The van der Waals surface area contributed by atoms with E-state index in [-0.39, 0.29) is 5.91 Å². The fraction of sp³-hybridized carbons (Fsp3) is 0.300. The maximum Gasteiger partial charge on any atom is 0.279 e. The summed E-state index contributed by atoms with van der Waals surface area (Å²) < 4.78 is 8.77. The van der Waals surface area contributed by atoms with Crippen LogP contribution in [0.2, 0.25) is 0 Å². The van der Waals surface area contributed by atoms with Crippen LogP contribution in [-0.4, -0.2) is 23.7 Å². The Balaban J connectivity index is 2.12. The first-order chi connectivity index (χ1) is 12.1. The van der Waals surface area contributed by atoms with Gasteiger partial charge in [-0.3, -0.25) is 4.79 Å². The number of ether oxygens (including phenoxy) is 1. The molecule has 0 fully saturated rings. The molecule has 0 N–H and O–H groups in total. The fourth-order valence-corrected chi connectivity index (χ4v) is 4.15. The minimum atomic E-state index is -0.216. The molecule has 5 heteroatoms. The molecule has 0 spiro atoms. The molecule has 4 nitrogen and oxygen atoms in total. The van der Waals surface area contributed by atoms with E-state index >= 15 is 0 Å². The second-order valence-corrected chi connectivity index (χ2v) is 6.95. The Morgan fingerprint density at radius 3 is 2.68 bits per heavy atom. The summed E-state index contributed by atoms with van der Waals surface area (Å²) in [5, 5.41) is 0. The summed E-state index contributed by atoms with van der Waals surface area (Å²) in [6, 6.07) is 13.5. The highest BCUT2D eigenvalue weighted by Gasteiger charge is 2.11.